The minimum atomic E-state index is 0.299. The second-order valence-corrected chi connectivity index (χ2v) is 7.81. The fourth-order valence-corrected chi connectivity index (χ4v) is 5.29. The summed E-state index contributed by atoms with van der Waals surface area (Å²) in [5.74, 6) is 2.67. The van der Waals surface area contributed by atoms with Crippen molar-refractivity contribution in [3.8, 4) is 0 Å². The molecule has 3 nitrogen and oxygen atoms in total. The highest BCUT2D eigenvalue weighted by atomic mass is 16.2. The van der Waals surface area contributed by atoms with Gasteiger partial charge < -0.3 is 10.2 Å². The molecule has 2 saturated heterocycles. The van der Waals surface area contributed by atoms with Crippen LogP contribution in [0.2, 0.25) is 0 Å². The maximum Gasteiger partial charge on any atom is 0.219 e. The molecule has 1 amide bonds. The minimum absolute atomic E-state index is 0.299. The van der Waals surface area contributed by atoms with Crippen molar-refractivity contribution in [3.63, 3.8) is 0 Å². The van der Waals surface area contributed by atoms with Gasteiger partial charge in [-0.25, -0.2) is 0 Å². The summed E-state index contributed by atoms with van der Waals surface area (Å²) in [4.78, 5) is 14.2. The number of nitrogens with zero attached hydrogens (tertiary/aromatic N) is 1. The second kappa shape index (κ2) is 6.68. The van der Waals surface area contributed by atoms with E-state index in [1.54, 1.807) is 6.92 Å². The molecule has 1 saturated carbocycles. The fraction of sp³-hybridized carbons (Fsp3) is 0.944. The van der Waals surface area contributed by atoms with Gasteiger partial charge in [-0.3, -0.25) is 4.79 Å². The van der Waals surface area contributed by atoms with Crippen LogP contribution in [0.25, 0.3) is 0 Å². The smallest absolute Gasteiger partial charge is 0.219 e. The predicted octanol–water partition coefficient (Wildman–Crippen LogP) is 3.19. The standard InChI is InChI=1S/C18H32N2O/c1-13-10-15(12-16-6-3-4-8-19-16)17-7-5-9-20(14(2)21)18(17)11-13/h13,15-19H,3-12H2,1-2H3/t13-,15+,16+,17-,18+/m1/s1. The number of fused-ring (bicyclic) bond motifs is 1. The number of carbonyl (C=O) groups excluding carboxylic acids is 1. The average Bonchev–Trinajstić information content (AvgIpc) is 2.47. The fourth-order valence-electron chi connectivity index (χ4n) is 5.29. The number of nitrogens with one attached hydrogen (secondary N) is 1. The van der Waals surface area contributed by atoms with Gasteiger partial charge in [0.1, 0.15) is 0 Å². The molecular formula is C18H32N2O. The van der Waals surface area contributed by atoms with Gasteiger partial charge in [-0.15, -0.1) is 0 Å². The maximum atomic E-state index is 12.0. The van der Waals surface area contributed by atoms with Crippen LogP contribution in [0.5, 0.6) is 0 Å². The summed E-state index contributed by atoms with van der Waals surface area (Å²) in [5, 5.41) is 3.73. The lowest BCUT2D eigenvalue weighted by Gasteiger charge is -2.50. The molecule has 0 aromatic rings. The zero-order valence-electron chi connectivity index (χ0n) is 13.8. The van der Waals surface area contributed by atoms with Gasteiger partial charge in [0.25, 0.3) is 0 Å². The van der Waals surface area contributed by atoms with Gasteiger partial charge in [0.05, 0.1) is 0 Å². The number of carbonyl (C=O) groups is 1. The first-order valence-electron chi connectivity index (χ1n) is 9.15. The van der Waals surface area contributed by atoms with Gasteiger partial charge in [0, 0.05) is 25.6 Å². The average molecular weight is 292 g/mol. The van der Waals surface area contributed by atoms with Crippen molar-refractivity contribution in [1.29, 1.82) is 0 Å². The van der Waals surface area contributed by atoms with Crippen LogP contribution in [-0.4, -0.2) is 36.0 Å². The number of rotatable bonds is 2. The van der Waals surface area contributed by atoms with Crippen LogP contribution in [0, 0.1) is 17.8 Å². The lowest BCUT2D eigenvalue weighted by atomic mass is 9.65. The molecule has 5 atom stereocenters. The third kappa shape index (κ3) is 3.44. The molecule has 1 N–H and O–H groups in total. The highest BCUT2D eigenvalue weighted by molar-refractivity contribution is 5.73. The first-order chi connectivity index (χ1) is 10.1. The molecule has 0 unspecified atom stereocenters. The molecule has 1 aliphatic carbocycles. The molecular weight excluding hydrogens is 260 g/mol. The second-order valence-electron chi connectivity index (χ2n) is 7.81. The molecule has 3 aliphatic rings. The van der Waals surface area contributed by atoms with Gasteiger partial charge in [0.2, 0.25) is 5.91 Å². The monoisotopic (exact) mass is 292 g/mol. The molecule has 0 spiro atoms. The highest BCUT2D eigenvalue weighted by Crippen LogP contribution is 2.44. The van der Waals surface area contributed by atoms with Crippen molar-refractivity contribution in [2.45, 2.75) is 77.3 Å². The van der Waals surface area contributed by atoms with Crippen molar-refractivity contribution >= 4 is 5.91 Å². The Hall–Kier alpha value is -0.570. The summed E-state index contributed by atoms with van der Waals surface area (Å²) >= 11 is 0. The van der Waals surface area contributed by atoms with E-state index in [2.05, 4.69) is 17.1 Å². The van der Waals surface area contributed by atoms with Crippen LogP contribution in [-0.2, 0) is 4.79 Å². The Morgan fingerprint density at radius 2 is 2.05 bits per heavy atom. The van der Waals surface area contributed by atoms with Gasteiger partial charge >= 0.3 is 0 Å². The first-order valence-corrected chi connectivity index (χ1v) is 9.15. The van der Waals surface area contributed by atoms with E-state index in [4.69, 9.17) is 0 Å². The number of likely N-dealkylation sites (tertiary alicyclic amines) is 1. The Morgan fingerprint density at radius 1 is 1.19 bits per heavy atom. The quantitative estimate of drug-likeness (QED) is 0.847. The third-order valence-corrected chi connectivity index (χ3v) is 6.19. The number of piperidine rings is 2. The van der Waals surface area contributed by atoms with Gasteiger partial charge in [-0.05, 0) is 69.2 Å². The summed E-state index contributed by atoms with van der Waals surface area (Å²) in [6.45, 7) is 6.36. The Kier molecular flexibility index (Phi) is 4.88. The lowest BCUT2D eigenvalue weighted by Crippen LogP contribution is -2.53. The molecule has 3 heteroatoms. The van der Waals surface area contributed by atoms with E-state index in [0.717, 1.165) is 30.3 Å². The van der Waals surface area contributed by atoms with Gasteiger partial charge in [-0.1, -0.05) is 13.3 Å². The molecule has 120 valence electrons. The summed E-state index contributed by atoms with van der Waals surface area (Å²) in [6.07, 6.45) is 10.6. The van der Waals surface area contributed by atoms with Gasteiger partial charge in [0.15, 0.2) is 0 Å². The molecule has 2 heterocycles. The Bertz CT molecular complexity index is 364. The van der Waals surface area contributed by atoms with E-state index in [9.17, 15) is 4.79 Å². The summed E-state index contributed by atoms with van der Waals surface area (Å²) in [6, 6.07) is 1.27. The molecule has 21 heavy (non-hydrogen) atoms. The van der Waals surface area contributed by atoms with Crippen molar-refractivity contribution in [2.75, 3.05) is 13.1 Å². The molecule has 2 aliphatic heterocycles. The van der Waals surface area contributed by atoms with E-state index in [-0.39, 0.29) is 0 Å². The van der Waals surface area contributed by atoms with E-state index < -0.39 is 0 Å². The van der Waals surface area contributed by atoms with Crippen LogP contribution in [0.4, 0.5) is 0 Å². The molecule has 3 rings (SSSR count). The van der Waals surface area contributed by atoms with E-state index in [1.807, 2.05) is 0 Å². The molecule has 3 fully saturated rings. The Balaban J connectivity index is 1.69. The van der Waals surface area contributed by atoms with Crippen molar-refractivity contribution < 1.29 is 4.79 Å². The summed E-state index contributed by atoms with van der Waals surface area (Å²) in [7, 11) is 0. The summed E-state index contributed by atoms with van der Waals surface area (Å²) < 4.78 is 0. The lowest BCUT2D eigenvalue weighted by molar-refractivity contribution is -0.137. The van der Waals surface area contributed by atoms with Crippen molar-refractivity contribution in [3.05, 3.63) is 0 Å². The normalized spacial score (nSPS) is 40.7. The van der Waals surface area contributed by atoms with Gasteiger partial charge in [-0.2, -0.15) is 0 Å². The van der Waals surface area contributed by atoms with Crippen LogP contribution in [0.1, 0.15) is 65.2 Å². The van der Waals surface area contributed by atoms with Crippen molar-refractivity contribution in [1.82, 2.24) is 10.2 Å². The van der Waals surface area contributed by atoms with Crippen LogP contribution in [0.3, 0.4) is 0 Å². The van der Waals surface area contributed by atoms with E-state index in [0.29, 0.717) is 11.9 Å². The van der Waals surface area contributed by atoms with E-state index in [1.165, 1.54) is 57.9 Å². The van der Waals surface area contributed by atoms with Crippen molar-refractivity contribution in [2.24, 2.45) is 17.8 Å². The topological polar surface area (TPSA) is 32.3 Å². The largest absolute Gasteiger partial charge is 0.340 e. The SMILES string of the molecule is CC(=O)N1CCC[C@@H]2[C@H](C[C@@H]3CCCCN3)C[C@@H](C)C[C@@H]21. The first kappa shape index (κ1) is 15.3. The Labute approximate surface area is 129 Å². The number of hydrogen-bond acceptors (Lipinski definition) is 2. The zero-order chi connectivity index (χ0) is 14.8. The van der Waals surface area contributed by atoms with Crippen LogP contribution >= 0.6 is 0 Å². The van der Waals surface area contributed by atoms with E-state index >= 15 is 0 Å². The molecule has 0 bridgehead atoms. The summed E-state index contributed by atoms with van der Waals surface area (Å²) in [5.41, 5.74) is 0. The molecule has 0 aromatic heterocycles. The molecule has 0 radical (unpaired) electrons. The zero-order valence-corrected chi connectivity index (χ0v) is 13.8. The van der Waals surface area contributed by atoms with Crippen LogP contribution in [0.15, 0.2) is 0 Å². The maximum absolute atomic E-state index is 12.0. The minimum Gasteiger partial charge on any atom is -0.340 e. The number of amides is 1. The van der Waals surface area contributed by atoms with Crippen LogP contribution < -0.4 is 5.32 Å². The Morgan fingerprint density at radius 3 is 2.76 bits per heavy atom. The molecule has 0 aromatic carbocycles. The number of hydrogen-bond donors (Lipinski definition) is 1. The predicted molar refractivity (Wildman–Crippen MR) is 86.0 cm³/mol. The highest BCUT2D eigenvalue weighted by Gasteiger charge is 2.42. The third-order valence-electron chi connectivity index (χ3n) is 6.19.